The summed E-state index contributed by atoms with van der Waals surface area (Å²) in [5.41, 5.74) is 7.62. The fourth-order valence-corrected chi connectivity index (χ4v) is 4.83. The minimum Gasteiger partial charge on any atom is -1.00 e. The Morgan fingerprint density at radius 2 is 1.04 bits per heavy atom. The summed E-state index contributed by atoms with van der Waals surface area (Å²) in [5, 5.41) is 0. The van der Waals surface area contributed by atoms with E-state index in [9.17, 15) is 28.0 Å². The molecule has 1 aliphatic rings. The van der Waals surface area contributed by atoms with Gasteiger partial charge in [-0.05, 0) is 71.5 Å². The van der Waals surface area contributed by atoms with Gasteiger partial charge >= 0.3 is 0 Å². The lowest BCUT2D eigenvalue weighted by Gasteiger charge is -2.17. The van der Waals surface area contributed by atoms with Crippen molar-refractivity contribution in [3.05, 3.63) is 119 Å². The van der Waals surface area contributed by atoms with Gasteiger partial charge in [-0.3, -0.25) is 24.1 Å². The van der Waals surface area contributed by atoms with Gasteiger partial charge in [-0.2, -0.15) is 0 Å². The molecule has 4 rings (SSSR count). The quantitative estimate of drug-likeness (QED) is 0.187. The number of fused-ring (bicyclic) bond motifs is 1. The Kier molecular flexibility index (Phi) is 15.9. The molecule has 0 fully saturated rings. The molecular formula is C40H46ClF2N2O6-. The van der Waals surface area contributed by atoms with E-state index in [1.807, 2.05) is 41.5 Å². The topological polar surface area (TPSA) is 116 Å². The van der Waals surface area contributed by atoms with Gasteiger partial charge < -0.3 is 27.6 Å². The number of hydrogen-bond donors (Lipinski definition) is 1. The van der Waals surface area contributed by atoms with Crippen molar-refractivity contribution in [2.45, 2.75) is 54.4 Å². The Morgan fingerprint density at radius 3 is 1.37 bits per heavy atom. The smallest absolute Gasteiger partial charge is 0.261 e. The highest BCUT2D eigenvalue weighted by Crippen LogP contribution is 2.26. The van der Waals surface area contributed by atoms with Crippen LogP contribution in [-0.4, -0.2) is 54.6 Å². The Morgan fingerprint density at radius 1 is 0.667 bits per heavy atom. The van der Waals surface area contributed by atoms with E-state index in [0.717, 1.165) is 4.90 Å². The molecule has 1 aliphatic heterocycles. The molecule has 0 atom stereocenters. The van der Waals surface area contributed by atoms with Crippen LogP contribution in [0.1, 0.15) is 95.8 Å². The zero-order chi connectivity index (χ0) is 37.1. The zero-order valence-electron chi connectivity index (χ0n) is 29.9. The first-order chi connectivity index (χ1) is 23.5. The number of ketones is 2. The van der Waals surface area contributed by atoms with Crippen LogP contribution < -0.4 is 27.6 Å². The number of imide groups is 1. The monoisotopic (exact) mass is 723 g/mol. The van der Waals surface area contributed by atoms with Gasteiger partial charge in [0.1, 0.15) is 24.7 Å². The van der Waals surface area contributed by atoms with Crippen LogP contribution in [0.2, 0.25) is 0 Å². The number of benzene rings is 3. The third-order valence-corrected chi connectivity index (χ3v) is 7.39. The predicted octanol–water partition coefficient (Wildman–Crippen LogP) is 5.33. The average Bonchev–Trinajstić information content (AvgIpc) is 3.31. The normalized spacial score (nSPS) is 13.2. The fourth-order valence-electron chi connectivity index (χ4n) is 4.83. The SMILES string of the molecule is CC(C)(C)CC(=O)c1ccc(OC/C(=C/F)CN)cc1.CC(C)(C)CC(=O)c1ccc(OC/C(=C/F)CN2C(=O)c3ccccc3C2=O)cc1.[Cl-]. The molecule has 3 aromatic carbocycles. The van der Waals surface area contributed by atoms with Crippen molar-refractivity contribution < 1.29 is 49.8 Å². The van der Waals surface area contributed by atoms with Crippen LogP contribution in [0.15, 0.2) is 96.6 Å². The van der Waals surface area contributed by atoms with Crippen molar-refractivity contribution in [2.24, 2.45) is 16.6 Å². The van der Waals surface area contributed by atoms with E-state index in [2.05, 4.69) is 0 Å². The van der Waals surface area contributed by atoms with Gasteiger partial charge in [-0.15, -0.1) is 0 Å². The lowest BCUT2D eigenvalue weighted by molar-refractivity contribution is -0.0000535. The van der Waals surface area contributed by atoms with Crippen molar-refractivity contribution in [2.75, 3.05) is 26.3 Å². The van der Waals surface area contributed by atoms with Crippen molar-refractivity contribution in [1.82, 2.24) is 4.90 Å². The van der Waals surface area contributed by atoms with Gasteiger partial charge in [-0.1, -0.05) is 53.7 Å². The maximum Gasteiger partial charge on any atom is 0.261 e. The number of amides is 2. The van der Waals surface area contributed by atoms with Crippen LogP contribution >= 0.6 is 0 Å². The van der Waals surface area contributed by atoms with Crippen molar-refractivity contribution in [3.63, 3.8) is 0 Å². The first kappa shape index (κ1) is 42.5. The Labute approximate surface area is 305 Å². The molecule has 3 aromatic rings. The van der Waals surface area contributed by atoms with E-state index in [-0.39, 0.29) is 66.7 Å². The molecule has 11 heteroatoms. The van der Waals surface area contributed by atoms with Crippen LogP contribution in [0, 0.1) is 10.8 Å². The first-order valence-corrected chi connectivity index (χ1v) is 16.3. The highest BCUT2D eigenvalue weighted by atomic mass is 35.5. The van der Waals surface area contributed by atoms with E-state index in [1.54, 1.807) is 72.8 Å². The van der Waals surface area contributed by atoms with Crippen LogP contribution in [0.4, 0.5) is 8.78 Å². The van der Waals surface area contributed by atoms with Crippen LogP contribution in [0.3, 0.4) is 0 Å². The second kappa shape index (κ2) is 19.1. The number of ether oxygens (including phenoxy) is 2. The highest BCUT2D eigenvalue weighted by molar-refractivity contribution is 6.21. The molecular weight excluding hydrogens is 678 g/mol. The van der Waals surface area contributed by atoms with Gasteiger partial charge in [0.15, 0.2) is 11.6 Å². The van der Waals surface area contributed by atoms with Gasteiger partial charge in [0.2, 0.25) is 0 Å². The second-order valence-electron chi connectivity index (χ2n) is 14.4. The number of halogens is 3. The molecule has 0 unspecified atom stereocenters. The minimum absolute atomic E-state index is 0. The highest BCUT2D eigenvalue weighted by Gasteiger charge is 2.35. The third kappa shape index (κ3) is 13.2. The number of nitrogens with zero attached hydrogens (tertiary/aromatic N) is 1. The lowest BCUT2D eigenvalue weighted by Crippen LogP contribution is -3.00. The van der Waals surface area contributed by atoms with Crippen LogP contribution in [0.5, 0.6) is 11.5 Å². The van der Waals surface area contributed by atoms with Gasteiger partial charge in [0.05, 0.1) is 30.3 Å². The predicted molar refractivity (Wildman–Crippen MR) is 190 cm³/mol. The number of carbonyl (C=O) groups is 4. The first-order valence-electron chi connectivity index (χ1n) is 16.3. The fraction of sp³-hybridized carbons (Fsp3) is 0.350. The van der Waals surface area contributed by atoms with Gasteiger partial charge in [0, 0.05) is 41.7 Å². The Bertz CT molecular complexity index is 1690. The van der Waals surface area contributed by atoms with Crippen molar-refractivity contribution in [3.8, 4) is 11.5 Å². The molecule has 0 saturated heterocycles. The summed E-state index contributed by atoms with van der Waals surface area (Å²) < 4.78 is 36.7. The molecule has 0 saturated carbocycles. The van der Waals surface area contributed by atoms with Gasteiger partial charge in [0.25, 0.3) is 11.8 Å². The Hall–Kier alpha value is -4.67. The number of carbonyl (C=O) groups excluding carboxylic acids is 4. The molecule has 0 bridgehead atoms. The summed E-state index contributed by atoms with van der Waals surface area (Å²) in [6.45, 7) is 12.0. The molecule has 2 amide bonds. The number of nitrogens with two attached hydrogens (primary N) is 1. The average molecular weight is 724 g/mol. The van der Waals surface area contributed by atoms with Crippen LogP contribution in [0.25, 0.3) is 0 Å². The third-order valence-electron chi connectivity index (χ3n) is 7.39. The number of rotatable bonds is 13. The Balaban J connectivity index is 0.000000376. The standard InChI is InChI=1S/C24H24FNO4.C16H22FNO2.ClH/c1-24(2,3)12-21(27)17-8-10-18(11-9-17)30-15-16(13-25)14-26-22(28)19-6-4-5-7-20(19)23(26)29;1-16(2,3)8-15(19)13-4-6-14(7-5-13)20-11-12(9-17)10-18;/h4-11,13H,12,14-15H2,1-3H3;4-7,9H,8,10-11,18H2,1-3H3;1H/p-1/b16-13+;12-9+;. The maximum atomic E-state index is 13.4. The molecule has 0 radical (unpaired) electrons. The summed E-state index contributed by atoms with van der Waals surface area (Å²) in [6.07, 6.45) is 1.74. The van der Waals surface area contributed by atoms with Crippen LogP contribution in [-0.2, 0) is 0 Å². The summed E-state index contributed by atoms with van der Waals surface area (Å²) in [7, 11) is 0. The second-order valence-corrected chi connectivity index (χ2v) is 14.4. The van der Waals surface area contributed by atoms with E-state index in [4.69, 9.17) is 15.2 Å². The molecule has 0 aliphatic carbocycles. The zero-order valence-corrected chi connectivity index (χ0v) is 30.7. The summed E-state index contributed by atoms with van der Waals surface area (Å²) in [6, 6.07) is 20.0. The van der Waals surface area contributed by atoms with E-state index < -0.39 is 11.8 Å². The minimum atomic E-state index is -0.448. The molecule has 0 aromatic heterocycles. The van der Waals surface area contributed by atoms with Crippen molar-refractivity contribution >= 4 is 23.4 Å². The van der Waals surface area contributed by atoms with E-state index in [0.29, 0.717) is 64.8 Å². The number of hydrogen-bond acceptors (Lipinski definition) is 7. The lowest BCUT2D eigenvalue weighted by atomic mass is 9.88. The molecule has 51 heavy (non-hydrogen) atoms. The van der Waals surface area contributed by atoms with Gasteiger partial charge in [-0.25, -0.2) is 8.78 Å². The van der Waals surface area contributed by atoms with Crippen molar-refractivity contribution in [1.29, 1.82) is 0 Å². The largest absolute Gasteiger partial charge is 1.00 e. The summed E-state index contributed by atoms with van der Waals surface area (Å²) in [5.74, 6) is 0.307. The molecule has 2 N–H and O–H groups in total. The molecule has 1 heterocycles. The molecule has 274 valence electrons. The number of Topliss-reactive ketones (excluding diaryl/α,β-unsaturated/α-hetero) is 2. The van der Waals surface area contributed by atoms with E-state index >= 15 is 0 Å². The molecule has 0 spiro atoms. The summed E-state index contributed by atoms with van der Waals surface area (Å²) >= 11 is 0. The maximum absolute atomic E-state index is 13.4. The summed E-state index contributed by atoms with van der Waals surface area (Å²) in [4.78, 5) is 50.1. The van der Waals surface area contributed by atoms with E-state index in [1.165, 1.54) is 0 Å². The molecule has 8 nitrogen and oxygen atoms in total.